The summed E-state index contributed by atoms with van der Waals surface area (Å²) in [6.45, 7) is 7.38. The molecule has 0 spiro atoms. The molecule has 98 valence electrons. The van der Waals surface area contributed by atoms with Gasteiger partial charge in [-0.2, -0.15) is 0 Å². The average molecular weight is 239 g/mol. The minimum atomic E-state index is -0.0625. The van der Waals surface area contributed by atoms with Crippen LogP contribution in [0.4, 0.5) is 0 Å². The lowest BCUT2D eigenvalue weighted by Gasteiger charge is -2.41. The number of likely N-dealkylation sites (N-methyl/N-ethyl adjacent to an activating group) is 1. The van der Waals surface area contributed by atoms with Crippen LogP contribution in [0, 0.1) is 0 Å². The number of hydrazine groups is 1. The number of aryl methyl sites for hydroxylation is 1. The molecule has 0 bridgehead atoms. The number of nitrogens with one attached hydrogen (secondary N) is 1. The summed E-state index contributed by atoms with van der Waals surface area (Å²) in [6, 6.07) is 0.0115. The summed E-state index contributed by atoms with van der Waals surface area (Å²) in [4.78, 5) is 6.65. The lowest BCUT2D eigenvalue weighted by Crippen LogP contribution is -2.53. The normalized spacial score (nSPS) is 17.1. The van der Waals surface area contributed by atoms with E-state index in [2.05, 4.69) is 54.7 Å². The average Bonchev–Trinajstić information content (AvgIpc) is 2.77. The molecule has 0 aromatic carbocycles. The third-order valence-electron chi connectivity index (χ3n) is 3.87. The Morgan fingerprint density at radius 3 is 2.59 bits per heavy atom. The fraction of sp³-hybridized carbons (Fsp3) is 0.750. The molecule has 0 fully saturated rings. The minimum absolute atomic E-state index is 0.0115. The maximum Gasteiger partial charge on any atom is 0.129 e. The molecule has 1 heterocycles. The standard InChI is InChI=1S/C12H25N5/c1-6-12(3,16(4)5)10(15-13)11-14-8-9-17(11)7-2/h8-10,15H,6-7,13H2,1-5H3. The molecule has 0 aliphatic rings. The van der Waals surface area contributed by atoms with Crippen LogP contribution < -0.4 is 11.3 Å². The second kappa shape index (κ2) is 5.62. The van der Waals surface area contributed by atoms with Gasteiger partial charge in [-0.3, -0.25) is 5.84 Å². The summed E-state index contributed by atoms with van der Waals surface area (Å²) in [5.41, 5.74) is 2.86. The zero-order valence-electron chi connectivity index (χ0n) is 11.6. The van der Waals surface area contributed by atoms with E-state index in [1.165, 1.54) is 0 Å². The zero-order valence-corrected chi connectivity index (χ0v) is 11.6. The maximum absolute atomic E-state index is 5.76. The largest absolute Gasteiger partial charge is 0.334 e. The van der Waals surface area contributed by atoms with E-state index >= 15 is 0 Å². The van der Waals surface area contributed by atoms with Crippen LogP contribution in [0.1, 0.15) is 39.1 Å². The minimum Gasteiger partial charge on any atom is -0.334 e. The Bertz CT molecular complexity index is 346. The van der Waals surface area contributed by atoms with Crippen LogP contribution in [0.25, 0.3) is 0 Å². The van der Waals surface area contributed by atoms with E-state index in [1.54, 1.807) is 0 Å². The first-order valence-corrected chi connectivity index (χ1v) is 6.15. The first-order chi connectivity index (χ1) is 8.01. The third-order valence-corrected chi connectivity index (χ3v) is 3.87. The first kappa shape index (κ1) is 14.2. The van der Waals surface area contributed by atoms with Crippen LogP contribution in [-0.2, 0) is 6.54 Å². The molecule has 1 aromatic rings. The van der Waals surface area contributed by atoms with Gasteiger partial charge in [0.2, 0.25) is 0 Å². The van der Waals surface area contributed by atoms with Crippen molar-refractivity contribution in [3.05, 3.63) is 18.2 Å². The summed E-state index contributed by atoms with van der Waals surface area (Å²) < 4.78 is 2.13. The van der Waals surface area contributed by atoms with Gasteiger partial charge in [-0.15, -0.1) is 0 Å². The van der Waals surface area contributed by atoms with Crippen molar-refractivity contribution in [2.45, 2.75) is 45.3 Å². The number of hydrogen-bond acceptors (Lipinski definition) is 4. The molecular formula is C12H25N5. The third kappa shape index (κ3) is 2.51. The first-order valence-electron chi connectivity index (χ1n) is 6.15. The SMILES string of the molecule is CCn1ccnc1C(NN)C(C)(CC)N(C)C. The lowest BCUT2D eigenvalue weighted by atomic mass is 9.87. The van der Waals surface area contributed by atoms with Crippen molar-refractivity contribution < 1.29 is 0 Å². The lowest BCUT2D eigenvalue weighted by molar-refractivity contribution is 0.107. The molecule has 2 unspecified atom stereocenters. The zero-order chi connectivity index (χ0) is 13.1. The van der Waals surface area contributed by atoms with Crippen molar-refractivity contribution >= 4 is 0 Å². The smallest absolute Gasteiger partial charge is 0.129 e. The summed E-state index contributed by atoms with van der Waals surface area (Å²) in [7, 11) is 4.15. The Hall–Kier alpha value is -0.910. The van der Waals surface area contributed by atoms with Crippen molar-refractivity contribution in [2.24, 2.45) is 5.84 Å². The van der Waals surface area contributed by atoms with E-state index in [-0.39, 0.29) is 11.6 Å². The molecule has 5 nitrogen and oxygen atoms in total. The molecule has 0 saturated heterocycles. The number of imidazole rings is 1. The van der Waals surface area contributed by atoms with Gasteiger partial charge in [-0.25, -0.2) is 10.4 Å². The van der Waals surface area contributed by atoms with E-state index in [9.17, 15) is 0 Å². The van der Waals surface area contributed by atoms with Crippen molar-refractivity contribution in [1.82, 2.24) is 19.9 Å². The predicted molar refractivity (Wildman–Crippen MR) is 70.3 cm³/mol. The van der Waals surface area contributed by atoms with E-state index in [1.807, 2.05) is 12.4 Å². The van der Waals surface area contributed by atoms with Crippen molar-refractivity contribution in [1.29, 1.82) is 0 Å². The van der Waals surface area contributed by atoms with Crippen LogP contribution in [0.15, 0.2) is 12.4 Å². The highest BCUT2D eigenvalue weighted by molar-refractivity contribution is 5.08. The molecule has 2 atom stereocenters. The highest BCUT2D eigenvalue weighted by Crippen LogP contribution is 2.31. The highest BCUT2D eigenvalue weighted by Gasteiger charge is 2.37. The van der Waals surface area contributed by atoms with Gasteiger partial charge in [0.25, 0.3) is 0 Å². The molecule has 0 saturated carbocycles. The Morgan fingerprint density at radius 2 is 2.18 bits per heavy atom. The number of nitrogens with two attached hydrogens (primary N) is 1. The van der Waals surface area contributed by atoms with Gasteiger partial charge in [0.1, 0.15) is 5.82 Å². The Kier molecular flexibility index (Phi) is 4.68. The summed E-state index contributed by atoms with van der Waals surface area (Å²) >= 11 is 0. The van der Waals surface area contributed by atoms with Crippen molar-refractivity contribution in [3.63, 3.8) is 0 Å². The topological polar surface area (TPSA) is 59.1 Å². The second-order valence-corrected chi connectivity index (χ2v) is 4.78. The number of hydrogen-bond donors (Lipinski definition) is 2. The van der Waals surface area contributed by atoms with E-state index < -0.39 is 0 Å². The molecule has 3 N–H and O–H groups in total. The Labute approximate surface area is 104 Å². The summed E-state index contributed by atoms with van der Waals surface area (Å²) in [5, 5.41) is 0. The fourth-order valence-corrected chi connectivity index (χ4v) is 2.16. The van der Waals surface area contributed by atoms with Crippen LogP contribution >= 0.6 is 0 Å². The molecule has 0 aliphatic carbocycles. The number of nitrogens with zero attached hydrogens (tertiary/aromatic N) is 3. The highest BCUT2D eigenvalue weighted by atomic mass is 15.3. The van der Waals surface area contributed by atoms with Crippen LogP contribution in [-0.4, -0.2) is 34.1 Å². The molecular weight excluding hydrogens is 214 g/mol. The Balaban J connectivity index is 3.14. The van der Waals surface area contributed by atoms with Gasteiger partial charge in [0, 0.05) is 24.5 Å². The molecule has 0 radical (unpaired) electrons. The van der Waals surface area contributed by atoms with Gasteiger partial charge < -0.3 is 9.47 Å². The monoisotopic (exact) mass is 239 g/mol. The molecule has 17 heavy (non-hydrogen) atoms. The van der Waals surface area contributed by atoms with Gasteiger partial charge in [0.05, 0.1) is 6.04 Å². The predicted octanol–water partition coefficient (Wildman–Crippen LogP) is 1.14. The van der Waals surface area contributed by atoms with Gasteiger partial charge in [0.15, 0.2) is 0 Å². The molecule has 0 amide bonds. The van der Waals surface area contributed by atoms with E-state index in [0.717, 1.165) is 18.8 Å². The fourth-order valence-electron chi connectivity index (χ4n) is 2.16. The van der Waals surface area contributed by atoms with Crippen molar-refractivity contribution in [2.75, 3.05) is 14.1 Å². The van der Waals surface area contributed by atoms with Crippen LogP contribution in [0.5, 0.6) is 0 Å². The van der Waals surface area contributed by atoms with Gasteiger partial charge in [-0.05, 0) is 34.4 Å². The van der Waals surface area contributed by atoms with E-state index in [0.29, 0.717) is 0 Å². The maximum atomic E-state index is 5.76. The molecule has 1 rings (SSSR count). The molecule has 1 aromatic heterocycles. The van der Waals surface area contributed by atoms with Gasteiger partial charge >= 0.3 is 0 Å². The van der Waals surface area contributed by atoms with Crippen LogP contribution in [0.3, 0.4) is 0 Å². The molecule has 5 heteroatoms. The second-order valence-electron chi connectivity index (χ2n) is 4.78. The summed E-state index contributed by atoms with van der Waals surface area (Å²) in [5.74, 6) is 6.75. The quantitative estimate of drug-likeness (QED) is 0.577. The van der Waals surface area contributed by atoms with Gasteiger partial charge in [-0.1, -0.05) is 6.92 Å². The molecule has 0 aliphatic heterocycles. The number of aromatic nitrogens is 2. The van der Waals surface area contributed by atoms with E-state index in [4.69, 9.17) is 5.84 Å². The van der Waals surface area contributed by atoms with Crippen molar-refractivity contribution in [3.8, 4) is 0 Å². The number of rotatable bonds is 6. The van der Waals surface area contributed by atoms with Crippen LogP contribution in [0.2, 0.25) is 0 Å². The summed E-state index contributed by atoms with van der Waals surface area (Å²) in [6.07, 6.45) is 4.81. The Morgan fingerprint density at radius 1 is 1.53 bits per heavy atom.